The number of rotatable bonds is 7. The lowest BCUT2D eigenvalue weighted by Crippen LogP contribution is -2.32. The normalized spacial score (nSPS) is 13.3. The molecule has 9 heteroatoms. The molecule has 37 heavy (non-hydrogen) atoms. The van der Waals surface area contributed by atoms with E-state index in [1.807, 2.05) is 38.1 Å². The number of carbonyl (C=O) groups excluding carboxylic acids is 4. The maximum Gasteiger partial charge on any atom is 0.337 e. The number of hydrogen-bond donors (Lipinski definition) is 2. The zero-order valence-electron chi connectivity index (χ0n) is 20.4. The Bertz CT molecular complexity index is 1430. The number of ether oxygens (including phenoxy) is 1. The summed E-state index contributed by atoms with van der Waals surface area (Å²) in [5.41, 5.74) is 2.89. The van der Waals surface area contributed by atoms with Gasteiger partial charge in [-0.2, -0.15) is 0 Å². The highest BCUT2D eigenvalue weighted by atomic mass is 35.5. The van der Waals surface area contributed by atoms with Gasteiger partial charge in [0, 0.05) is 16.9 Å². The Hall–Kier alpha value is -4.43. The van der Waals surface area contributed by atoms with Crippen molar-refractivity contribution in [3.8, 4) is 0 Å². The van der Waals surface area contributed by atoms with E-state index in [-0.39, 0.29) is 33.8 Å². The number of halogens is 1. The highest BCUT2D eigenvalue weighted by Crippen LogP contribution is 2.31. The van der Waals surface area contributed by atoms with Crippen molar-refractivity contribution >= 4 is 52.4 Å². The molecule has 4 rings (SSSR count). The fourth-order valence-electron chi connectivity index (χ4n) is 3.90. The summed E-state index contributed by atoms with van der Waals surface area (Å²) in [4.78, 5) is 51.4. The fourth-order valence-corrected chi connectivity index (χ4v) is 4.11. The maximum atomic E-state index is 13.1. The first-order valence-corrected chi connectivity index (χ1v) is 11.8. The number of hydrogen-bond acceptors (Lipinski definition) is 6. The van der Waals surface area contributed by atoms with Crippen LogP contribution < -0.4 is 15.5 Å². The fraction of sp³-hybridized carbons (Fsp3) is 0.143. The SMILES string of the molecule is COC(=O)c1ccc(N2C(=O)C(Cl)=C(Nc3cccc(C(=O)Nc4ccccc4C(C)C)c3)C2=O)cc1. The average Bonchev–Trinajstić information content (AvgIpc) is 3.11. The number of para-hydroxylation sites is 1. The third-order valence-electron chi connectivity index (χ3n) is 5.80. The second-order valence-electron chi connectivity index (χ2n) is 8.58. The van der Waals surface area contributed by atoms with Crippen molar-refractivity contribution in [2.45, 2.75) is 19.8 Å². The van der Waals surface area contributed by atoms with Gasteiger partial charge in [-0.05, 0) is 60.0 Å². The summed E-state index contributed by atoms with van der Waals surface area (Å²) >= 11 is 6.23. The van der Waals surface area contributed by atoms with Crippen molar-refractivity contribution in [2.24, 2.45) is 0 Å². The molecule has 0 saturated heterocycles. The largest absolute Gasteiger partial charge is 0.465 e. The first-order valence-electron chi connectivity index (χ1n) is 11.5. The predicted octanol–water partition coefficient (Wildman–Crippen LogP) is 5.28. The number of nitrogens with one attached hydrogen (secondary N) is 2. The van der Waals surface area contributed by atoms with Gasteiger partial charge in [0.2, 0.25) is 0 Å². The number of carbonyl (C=O) groups is 4. The van der Waals surface area contributed by atoms with Crippen molar-refractivity contribution < 1.29 is 23.9 Å². The van der Waals surface area contributed by atoms with Crippen molar-refractivity contribution in [2.75, 3.05) is 22.6 Å². The monoisotopic (exact) mass is 517 g/mol. The minimum absolute atomic E-state index is 0.119. The minimum atomic E-state index is -0.709. The predicted molar refractivity (Wildman–Crippen MR) is 142 cm³/mol. The minimum Gasteiger partial charge on any atom is -0.465 e. The second kappa shape index (κ2) is 10.7. The van der Waals surface area contributed by atoms with Crippen molar-refractivity contribution in [1.29, 1.82) is 0 Å². The molecule has 1 aliphatic rings. The molecular formula is C28H24ClN3O5. The van der Waals surface area contributed by atoms with E-state index >= 15 is 0 Å². The molecular weight excluding hydrogens is 494 g/mol. The van der Waals surface area contributed by atoms with Gasteiger partial charge in [0.15, 0.2) is 0 Å². The summed E-state index contributed by atoms with van der Waals surface area (Å²) in [6.45, 7) is 4.09. The summed E-state index contributed by atoms with van der Waals surface area (Å²) in [5, 5.41) is 5.52. The molecule has 0 unspecified atom stereocenters. The van der Waals surface area contributed by atoms with Gasteiger partial charge in [-0.15, -0.1) is 0 Å². The van der Waals surface area contributed by atoms with Gasteiger partial charge in [-0.1, -0.05) is 49.7 Å². The van der Waals surface area contributed by atoms with Crippen LogP contribution in [0.15, 0.2) is 83.5 Å². The summed E-state index contributed by atoms with van der Waals surface area (Å²) in [6, 6.07) is 19.9. The molecule has 3 aromatic rings. The first kappa shape index (κ1) is 25.7. The molecule has 3 aromatic carbocycles. The van der Waals surface area contributed by atoms with Gasteiger partial charge in [-0.3, -0.25) is 14.4 Å². The Labute approximate surface area is 218 Å². The number of imide groups is 1. The molecule has 0 saturated carbocycles. The standard InChI is InChI=1S/C28H24ClN3O5/c1-16(2)21-9-4-5-10-22(21)31-25(33)18-7-6-8-19(15-18)30-24-23(29)26(34)32(27(24)35)20-13-11-17(12-14-20)28(36)37-3/h4-16,30H,1-3H3,(H,31,33). The van der Waals surface area contributed by atoms with Crippen molar-refractivity contribution in [3.63, 3.8) is 0 Å². The van der Waals surface area contributed by atoms with Crippen LogP contribution in [-0.4, -0.2) is 30.8 Å². The van der Waals surface area contributed by atoms with Crippen LogP contribution in [0.2, 0.25) is 0 Å². The summed E-state index contributed by atoms with van der Waals surface area (Å²) in [5.74, 6) is -2.01. The average molecular weight is 518 g/mol. The molecule has 3 amide bonds. The van der Waals surface area contributed by atoms with Crippen LogP contribution in [0.5, 0.6) is 0 Å². The number of benzene rings is 3. The summed E-state index contributed by atoms with van der Waals surface area (Å²) in [6.07, 6.45) is 0. The molecule has 1 aliphatic heterocycles. The van der Waals surface area contributed by atoms with E-state index in [0.717, 1.165) is 16.2 Å². The maximum absolute atomic E-state index is 13.1. The second-order valence-corrected chi connectivity index (χ2v) is 8.95. The van der Waals surface area contributed by atoms with Crippen LogP contribution >= 0.6 is 11.6 Å². The van der Waals surface area contributed by atoms with Crippen molar-refractivity contribution in [1.82, 2.24) is 0 Å². The molecule has 8 nitrogen and oxygen atoms in total. The Morgan fingerprint density at radius 1 is 0.892 bits per heavy atom. The van der Waals surface area contributed by atoms with E-state index < -0.39 is 17.8 Å². The highest BCUT2D eigenvalue weighted by Gasteiger charge is 2.39. The van der Waals surface area contributed by atoms with E-state index in [1.54, 1.807) is 24.3 Å². The van der Waals surface area contributed by atoms with Gasteiger partial charge in [-0.25, -0.2) is 9.69 Å². The molecule has 0 aliphatic carbocycles. The smallest absolute Gasteiger partial charge is 0.337 e. The lowest BCUT2D eigenvalue weighted by Gasteiger charge is -2.16. The van der Waals surface area contributed by atoms with Gasteiger partial charge in [0.1, 0.15) is 10.7 Å². The Morgan fingerprint density at radius 2 is 1.59 bits per heavy atom. The van der Waals surface area contributed by atoms with Crippen LogP contribution in [0.25, 0.3) is 0 Å². The lowest BCUT2D eigenvalue weighted by molar-refractivity contribution is -0.120. The van der Waals surface area contributed by atoms with Crippen LogP contribution in [0.4, 0.5) is 17.1 Å². The van der Waals surface area contributed by atoms with Crippen molar-refractivity contribution in [3.05, 3.63) is 100 Å². The number of amides is 3. The zero-order valence-corrected chi connectivity index (χ0v) is 21.1. The molecule has 0 spiro atoms. The van der Waals surface area contributed by atoms with E-state index in [2.05, 4.69) is 15.4 Å². The van der Waals surface area contributed by atoms with Gasteiger partial charge < -0.3 is 15.4 Å². The molecule has 0 atom stereocenters. The summed E-state index contributed by atoms with van der Waals surface area (Å²) < 4.78 is 4.67. The molecule has 1 heterocycles. The molecule has 2 N–H and O–H groups in total. The van der Waals surface area contributed by atoms with E-state index in [4.69, 9.17) is 11.6 Å². The number of anilines is 3. The molecule has 0 aromatic heterocycles. The number of methoxy groups -OCH3 is 1. The van der Waals surface area contributed by atoms with E-state index in [1.165, 1.54) is 31.4 Å². The Morgan fingerprint density at radius 3 is 2.27 bits per heavy atom. The molecule has 188 valence electrons. The third kappa shape index (κ3) is 5.24. The molecule has 0 bridgehead atoms. The summed E-state index contributed by atoms with van der Waals surface area (Å²) in [7, 11) is 1.26. The topological polar surface area (TPSA) is 105 Å². The van der Waals surface area contributed by atoms with E-state index in [0.29, 0.717) is 11.3 Å². The third-order valence-corrected chi connectivity index (χ3v) is 6.15. The lowest BCUT2D eigenvalue weighted by atomic mass is 10.0. The van der Waals surface area contributed by atoms with Crippen LogP contribution in [-0.2, 0) is 14.3 Å². The number of esters is 1. The van der Waals surface area contributed by atoms with Gasteiger partial charge in [0.25, 0.3) is 17.7 Å². The molecule has 0 fully saturated rings. The highest BCUT2D eigenvalue weighted by molar-refractivity contribution is 6.53. The van der Waals surface area contributed by atoms with Crippen LogP contribution in [0, 0.1) is 0 Å². The zero-order chi connectivity index (χ0) is 26.7. The Balaban J connectivity index is 1.53. The van der Waals surface area contributed by atoms with Crippen LogP contribution in [0.1, 0.15) is 46.0 Å². The van der Waals surface area contributed by atoms with Gasteiger partial charge >= 0.3 is 5.97 Å². The number of nitrogens with zero attached hydrogens (tertiary/aromatic N) is 1. The van der Waals surface area contributed by atoms with Gasteiger partial charge in [0.05, 0.1) is 18.4 Å². The Kier molecular flexibility index (Phi) is 7.40. The molecule has 0 radical (unpaired) electrons. The van der Waals surface area contributed by atoms with Crippen LogP contribution in [0.3, 0.4) is 0 Å². The quantitative estimate of drug-likeness (QED) is 0.326. The first-order chi connectivity index (χ1) is 17.7. The van der Waals surface area contributed by atoms with E-state index in [9.17, 15) is 19.2 Å².